The topological polar surface area (TPSA) is 38.5 Å². The van der Waals surface area contributed by atoms with Crippen LogP contribution in [0.25, 0.3) is 0 Å². The summed E-state index contributed by atoms with van der Waals surface area (Å²) < 4.78 is 5.21. The predicted molar refractivity (Wildman–Crippen MR) is 82.9 cm³/mol. The monoisotopic (exact) mass is 284 g/mol. The van der Waals surface area contributed by atoms with Crippen molar-refractivity contribution < 1.29 is 4.74 Å². The molecule has 0 aliphatic rings. The molecule has 19 heavy (non-hydrogen) atoms. The molecule has 0 saturated carbocycles. The third-order valence-corrected chi connectivity index (χ3v) is 3.86. The van der Waals surface area contributed by atoms with Gasteiger partial charge in [0.1, 0.15) is 0 Å². The summed E-state index contributed by atoms with van der Waals surface area (Å²) in [6.07, 6.45) is 2.22. The minimum atomic E-state index is 0.474. The number of nitrogens with zero attached hydrogens (tertiary/aromatic N) is 1. The maximum atomic E-state index is 6.26. The van der Waals surface area contributed by atoms with E-state index in [2.05, 4.69) is 24.8 Å². The lowest BCUT2D eigenvalue weighted by Crippen LogP contribution is -2.37. The number of benzene rings is 1. The summed E-state index contributed by atoms with van der Waals surface area (Å²) in [6, 6.07) is 6.63. The highest BCUT2D eigenvalue weighted by atomic mass is 35.5. The zero-order valence-electron chi connectivity index (χ0n) is 12.2. The fraction of sp³-hybridized carbons (Fsp3) is 0.600. The quantitative estimate of drug-likeness (QED) is 0.795. The van der Waals surface area contributed by atoms with Crippen molar-refractivity contribution in [2.45, 2.75) is 39.3 Å². The standard InChI is InChI=1S/C15H25ClN2O/c1-4-13(5-2)18(8-9-19-3)14-7-6-12(11-17)15(16)10-14/h6-7,10,13H,4-5,8-9,11,17H2,1-3H3. The molecule has 0 unspecified atom stereocenters. The van der Waals surface area contributed by atoms with E-state index in [1.165, 1.54) is 0 Å². The molecule has 0 saturated heterocycles. The Balaban J connectivity index is 2.98. The van der Waals surface area contributed by atoms with Crippen molar-refractivity contribution in [1.29, 1.82) is 0 Å². The SMILES string of the molecule is CCC(CC)N(CCOC)c1ccc(CN)c(Cl)c1. The summed E-state index contributed by atoms with van der Waals surface area (Å²) in [6.45, 7) is 6.49. The fourth-order valence-corrected chi connectivity index (χ4v) is 2.57. The van der Waals surface area contributed by atoms with E-state index < -0.39 is 0 Å². The van der Waals surface area contributed by atoms with E-state index in [-0.39, 0.29) is 0 Å². The van der Waals surface area contributed by atoms with Gasteiger partial charge in [-0.1, -0.05) is 31.5 Å². The van der Waals surface area contributed by atoms with E-state index in [1.54, 1.807) is 7.11 Å². The molecule has 1 aromatic carbocycles. The van der Waals surface area contributed by atoms with Crippen LogP contribution < -0.4 is 10.6 Å². The molecule has 0 radical (unpaired) electrons. The molecule has 3 nitrogen and oxygen atoms in total. The first-order valence-electron chi connectivity index (χ1n) is 6.91. The van der Waals surface area contributed by atoms with Crippen LogP contribution in [0.4, 0.5) is 5.69 Å². The number of hydrogen-bond acceptors (Lipinski definition) is 3. The summed E-state index contributed by atoms with van der Waals surface area (Å²) in [7, 11) is 1.73. The van der Waals surface area contributed by atoms with Crippen LogP contribution in [0.15, 0.2) is 18.2 Å². The maximum Gasteiger partial charge on any atom is 0.0637 e. The molecule has 0 atom stereocenters. The van der Waals surface area contributed by atoms with Crippen molar-refractivity contribution in [2.75, 3.05) is 25.2 Å². The highest BCUT2D eigenvalue weighted by molar-refractivity contribution is 6.31. The molecule has 0 bridgehead atoms. The molecule has 1 aromatic rings. The number of anilines is 1. The smallest absolute Gasteiger partial charge is 0.0637 e. The van der Waals surface area contributed by atoms with Gasteiger partial charge in [0, 0.05) is 37.0 Å². The van der Waals surface area contributed by atoms with Crippen molar-refractivity contribution in [3.8, 4) is 0 Å². The highest BCUT2D eigenvalue weighted by Crippen LogP contribution is 2.26. The Morgan fingerprint density at radius 2 is 2.00 bits per heavy atom. The number of nitrogens with two attached hydrogens (primary N) is 1. The lowest BCUT2D eigenvalue weighted by atomic mass is 10.1. The van der Waals surface area contributed by atoms with Crippen molar-refractivity contribution in [3.05, 3.63) is 28.8 Å². The Labute approximate surface area is 121 Å². The maximum absolute atomic E-state index is 6.26. The van der Waals surface area contributed by atoms with Crippen LogP contribution in [0.2, 0.25) is 5.02 Å². The molecule has 0 heterocycles. The van der Waals surface area contributed by atoms with E-state index in [0.717, 1.165) is 35.7 Å². The average molecular weight is 285 g/mol. The Morgan fingerprint density at radius 3 is 2.47 bits per heavy atom. The van der Waals surface area contributed by atoms with Crippen LogP contribution in [0, 0.1) is 0 Å². The molecule has 2 N–H and O–H groups in total. The van der Waals surface area contributed by atoms with Crippen LogP contribution in [-0.2, 0) is 11.3 Å². The average Bonchev–Trinajstić information content (AvgIpc) is 2.43. The van der Waals surface area contributed by atoms with E-state index in [9.17, 15) is 0 Å². The minimum absolute atomic E-state index is 0.474. The molecule has 0 aliphatic heterocycles. The zero-order chi connectivity index (χ0) is 14.3. The second-order valence-corrected chi connectivity index (χ2v) is 5.04. The number of rotatable bonds is 8. The number of hydrogen-bond donors (Lipinski definition) is 1. The molecule has 4 heteroatoms. The molecule has 0 spiro atoms. The van der Waals surface area contributed by atoms with E-state index >= 15 is 0 Å². The van der Waals surface area contributed by atoms with Gasteiger partial charge in [0.05, 0.1) is 6.61 Å². The van der Waals surface area contributed by atoms with Crippen LogP contribution in [-0.4, -0.2) is 26.3 Å². The van der Waals surface area contributed by atoms with Gasteiger partial charge in [0.15, 0.2) is 0 Å². The lowest BCUT2D eigenvalue weighted by molar-refractivity contribution is 0.202. The van der Waals surface area contributed by atoms with Crippen LogP contribution in [0.3, 0.4) is 0 Å². The number of ether oxygens (including phenoxy) is 1. The summed E-state index contributed by atoms with van der Waals surface area (Å²) >= 11 is 6.26. The lowest BCUT2D eigenvalue weighted by Gasteiger charge is -2.33. The molecular formula is C15H25ClN2O. The normalized spacial score (nSPS) is 11.1. The second kappa shape index (κ2) is 8.41. The first kappa shape index (κ1) is 16.3. The van der Waals surface area contributed by atoms with Gasteiger partial charge in [-0.15, -0.1) is 0 Å². The molecule has 108 valence electrons. The van der Waals surface area contributed by atoms with Crippen molar-refractivity contribution in [3.63, 3.8) is 0 Å². The van der Waals surface area contributed by atoms with Gasteiger partial charge in [0.2, 0.25) is 0 Å². The number of methoxy groups -OCH3 is 1. The van der Waals surface area contributed by atoms with Gasteiger partial charge >= 0.3 is 0 Å². The highest BCUT2D eigenvalue weighted by Gasteiger charge is 2.16. The fourth-order valence-electron chi connectivity index (χ4n) is 2.32. The van der Waals surface area contributed by atoms with Gasteiger partial charge in [-0.2, -0.15) is 0 Å². The Hall–Kier alpha value is -0.770. The number of halogens is 1. The Kier molecular flexibility index (Phi) is 7.21. The largest absolute Gasteiger partial charge is 0.383 e. The molecule has 0 aromatic heterocycles. The Morgan fingerprint density at radius 1 is 1.32 bits per heavy atom. The second-order valence-electron chi connectivity index (χ2n) is 4.64. The predicted octanol–water partition coefficient (Wildman–Crippen LogP) is 3.44. The van der Waals surface area contributed by atoms with E-state index in [4.69, 9.17) is 22.1 Å². The van der Waals surface area contributed by atoms with Crippen LogP contribution >= 0.6 is 11.6 Å². The third kappa shape index (κ3) is 4.37. The first-order valence-corrected chi connectivity index (χ1v) is 7.29. The Bertz CT molecular complexity index is 380. The molecule has 0 amide bonds. The van der Waals surface area contributed by atoms with Gasteiger partial charge in [-0.25, -0.2) is 0 Å². The molecule has 0 aliphatic carbocycles. The van der Waals surface area contributed by atoms with Crippen molar-refractivity contribution >= 4 is 17.3 Å². The van der Waals surface area contributed by atoms with Gasteiger partial charge in [0.25, 0.3) is 0 Å². The van der Waals surface area contributed by atoms with Crippen LogP contribution in [0.5, 0.6) is 0 Å². The van der Waals surface area contributed by atoms with Gasteiger partial charge in [-0.05, 0) is 30.5 Å². The van der Waals surface area contributed by atoms with E-state index in [0.29, 0.717) is 19.2 Å². The van der Waals surface area contributed by atoms with Crippen molar-refractivity contribution in [1.82, 2.24) is 0 Å². The molecular weight excluding hydrogens is 260 g/mol. The summed E-state index contributed by atoms with van der Waals surface area (Å²) in [5.41, 5.74) is 7.79. The van der Waals surface area contributed by atoms with Crippen LogP contribution in [0.1, 0.15) is 32.3 Å². The minimum Gasteiger partial charge on any atom is -0.383 e. The first-order chi connectivity index (χ1) is 9.17. The molecule has 0 fully saturated rings. The summed E-state index contributed by atoms with van der Waals surface area (Å²) in [4.78, 5) is 2.37. The summed E-state index contributed by atoms with van der Waals surface area (Å²) in [5.74, 6) is 0. The van der Waals surface area contributed by atoms with Crippen molar-refractivity contribution in [2.24, 2.45) is 5.73 Å². The van der Waals surface area contributed by atoms with Gasteiger partial charge in [-0.3, -0.25) is 0 Å². The van der Waals surface area contributed by atoms with E-state index in [1.807, 2.05) is 12.1 Å². The third-order valence-electron chi connectivity index (χ3n) is 3.51. The molecule has 1 rings (SSSR count). The summed E-state index contributed by atoms with van der Waals surface area (Å²) in [5, 5.41) is 0.744. The van der Waals surface area contributed by atoms with Gasteiger partial charge < -0.3 is 15.4 Å². The zero-order valence-corrected chi connectivity index (χ0v) is 12.9.